The number of halogens is 2. The molecule has 1 unspecified atom stereocenters. The van der Waals surface area contributed by atoms with Crippen molar-refractivity contribution in [3.63, 3.8) is 0 Å². The Morgan fingerprint density at radius 3 is 2.80 bits per heavy atom. The van der Waals surface area contributed by atoms with Crippen LogP contribution in [0.4, 0.5) is 0 Å². The van der Waals surface area contributed by atoms with Crippen LogP contribution in [0.1, 0.15) is 29.6 Å². The Bertz CT molecular complexity index is 536. The highest BCUT2D eigenvalue weighted by Crippen LogP contribution is 2.25. The highest BCUT2D eigenvalue weighted by Gasteiger charge is 2.32. The molecule has 1 aliphatic heterocycles. The van der Waals surface area contributed by atoms with Crippen LogP contribution >= 0.6 is 27.5 Å². The van der Waals surface area contributed by atoms with Gasteiger partial charge in [0.2, 0.25) is 5.91 Å². The molecule has 1 N–H and O–H groups in total. The number of nitrogens with zero attached hydrogens (tertiary/aromatic N) is 1. The van der Waals surface area contributed by atoms with Gasteiger partial charge in [0.15, 0.2) is 0 Å². The van der Waals surface area contributed by atoms with Gasteiger partial charge in [-0.25, -0.2) is 0 Å². The molecule has 1 fully saturated rings. The summed E-state index contributed by atoms with van der Waals surface area (Å²) in [6.45, 7) is 0.602. The van der Waals surface area contributed by atoms with Crippen molar-refractivity contribution in [2.24, 2.45) is 0 Å². The maximum Gasteiger partial charge on any atom is 0.254 e. The first-order chi connectivity index (χ1) is 9.54. The topological polar surface area (TPSA) is 49.4 Å². The fourth-order valence-corrected chi connectivity index (χ4v) is 2.84. The SMILES string of the molecule is CNC(=O)C1CCCCN1C(=O)c1ccc(Br)c(Cl)c1. The summed E-state index contributed by atoms with van der Waals surface area (Å²) in [5.74, 6) is -0.256. The van der Waals surface area contributed by atoms with Gasteiger partial charge in [-0.3, -0.25) is 9.59 Å². The van der Waals surface area contributed by atoms with Crippen LogP contribution in [0, 0.1) is 0 Å². The van der Waals surface area contributed by atoms with Gasteiger partial charge < -0.3 is 10.2 Å². The van der Waals surface area contributed by atoms with Gasteiger partial charge in [-0.1, -0.05) is 11.6 Å². The maximum absolute atomic E-state index is 12.6. The van der Waals surface area contributed by atoms with Crippen molar-refractivity contribution in [1.29, 1.82) is 0 Å². The Morgan fingerprint density at radius 1 is 1.40 bits per heavy atom. The molecule has 1 heterocycles. The molecule has 0 spiro atoms. The van der Waals surface area contributed by atoms with E-state index in [1.54, 1.807) is 30.1 Å². The van der Waals surface area contributed by atoms with Crippen LogP contribution in [0.15, 0.2) is 22.7 Å². The number of likely N-dealkylation sites (N-methyl/N-ethyl adjacent to an activating group) is 1. The number of rotatable bonds is 2. The molecule has 1 aromatic rings. The second-order valence-electron chi connectivity index (χ2n) is 4.75. The molecule has 2 amide bonds. The van der Waals surface area contributed by atoms with Crippen molar-refractivity contribution in [3.05, 3.63) is 33.3 Å². The minimum atomic E-state index is -0.385. The van der Waals surface area contributed by atoms with Crippen molar-refractivity contribution < 1.29 is 9.59 Å². The lowest BCUT2D eigenvalue weighted by molar-refractivity contribution is -0.126. The average Bonchev–Trinajstić information content (AvgIpc) is 2.48. The Kier molecular flexibility index (Phi) is 5.05. The predicted molar refractivity (Wildman–Crippen MR) is 81.9 cm³/mol. The van der Waals surface area contributed by atoms with Gasteiger partial charge in [-0.2, -0.15) is 0 Å². The van der Waals surface area contributed by atoms with E-state index in [-0.39, 0.29) is 17.9 Å². The van der Waals surface area contributed by atoms with E-state index < -0.39 is 0 Å². The zero-order chi connectivity index (χ0) is 14.7. The van der Waals surface area contributed by atoms with E-state index in [4.69, 9.17) is 11.6 Å². The number of likely N-dealkylation sites (tertiary alicyclic amines) is 1. The number of carbonyl (C=O) groups excluding carboxylic acids is 2. The molecular formula is C14H16BrClN2O2. The molecule has 108 valence electrons. The van der Waals surface area contributed by atoms with Gasteiger partial charge in [0.1, 0.15) is 6.04 Å². The quantitative estimate of drug-likeness (QED) is 0.883. The lowest BCUT2D eigenvalue weighted by atomic mass is 10.00. The summed E-state index contributed by atoms with van der Waals surface area (Å²) < 4.78 is 0.747. The lowest BCUT2D eigenvalue weighted by Gasteiger charge is -2.34. The monoisotopic (exact) mass is 358 g/mol. The fraction of sp³-hybridized carbons (Fsp3) is 0.429. The molecule has 1 aromatic carbocycles. The van der Waals surface area contributed by atoms with Gasteiger partial charge in [-0.15, -0.1) is 0 Å². The predicted octanol–water partition coefficient (Wildman–Crippen LogP) is 2.84. The molecule has 0 bridgehead atoms. The number of carbonyl (C=O) groups is 2. The summed E-state index contributed by atoms with van der Waals surface area (Å²) in [5, 5.41) is 3.12. The van der Waals surface area contributed by atoms with Gasteiger partial charge in [0, 0.05) is 23.6 Å². The summed E-state index contributed by atoms with van der Waals surface area (Å²) in [6.07, 6.45) is 2.59. The Morgan fingerprint density at radius 2 is 2.15 bits per heavy atom. The maximum atomic E-state index is 12.6. The van der Waals surface area contributed by atoms with E-state index in [2.05, 4.69) is 21.2 Å². The van der Waals surface area contributed by atoms with Crippen molar-refractivity contribution in [3.8, 4) is 0 Å². The lowest BCUT2D eigenvalue weighted by Crippen LogP contribution is -2.51. The van der Waals surface area contributed by atoms with Crippen molar-refractivity contribution in [2.45, 2.75) is 25.3 Å². The molecule has 0 aromatic heterocycles. The van der Waals surface area contributed by atoms with E-state index in [0.717, 1.165) is 17.3 Å². The van der Waals surface area contributed by atoms with Crippen LogP contribution in [-0.2, 0) is 4.79 Å². The number of amides is 2. The Balaban J connectivity index is 2.25. The molecule has 6 heteroatoms. The fourth-order valence-electron chi connectivity index (χ4n) is 2.41. The minimum Gasteiger partial charge on any atom is -0.357 e. The third-order valence-electron chi connectivity index (χ3n) is 3.48. The molecule has 2 rings (SSSR count). The van der Waals surface area contributed by atoms with E-state index >= 15 is 0 Å². The molecule has 0 aliphatic carbocycles. The molecule has 20 heavy (non-hydrogen) atoms. The third kappa shape index (κ3) is 3.15. The number of benzene rings is 1. The number of hydrogen-bond donors (Lipinski definition) is 1. The first-order valence-electron chi connectivity index (χ1n) is 6.52. The highest BCUT2D eigenvalue weighted by molar-refractivity contribution is 9.10. The largest absolute Gasteiger partial charge is 0.357 e. The van der Waals surface area contributed by atoms with Gasteiger partial charge in [-0.05, 0) is 53.4 Å². The summed E-state index contributed by atoms with van der Waals surface area (Å²) in [4.78, 5) is 26.1. The van der Waals surface area contributed by atoms with E-state index in [0.29, 0.717) is 23.6 Å². The van der Waals surface area contributed by atoms with Crippen LogP contribution in [0.2, 0.25) is 5.02 Å². The number of hydrogen-bond acceptors (Lipinski definition) is 2. The van der Waals surface area contributed by atoms with Crippen LogP contribution in [0.5, 0.6) is 0 Å². The van der Waals surface area contributed by atoms with Crippen molar-refractivity contribution in [2.75, 3.05) is 13.6 Å². The molecule has 4 nitrogen and oxygen atoms in total. The molecule has 0 saturated carbocycles. The molecule has 1 atom stereocenters. The van der Waals surface area contributed by atoms with Crippen LogP contribution < -0.4 is 5.32 Å². The standard InChI is InChI=1S/C14H16BrClN2O2/c1-17-13(19)12-4-2-3-7-18(12)14(20)9-5-6-10(15)11(16)8-9/h5-6,8,12H,2-4,7H2,1H3,(H,17,19). The summed E-state index contributed by atoms with van der Waals surface area (Å²) in [6, 6.07) is 4.70. The van der Waals surface area contributed by atoms with Gasteiger partial charge in [0.05, 0.1) is 5.02 Å². The summed E-state index contributed by atoms with van der Waals surface area (Å²) >= 11 is 9.33. The minimum absolute atomic E-state index is 0.110. The number of piperidine rings is 1. The first-order valence-corrected chi connectivity index (χ1v) is 7.69. The molecule has 1 saturated heterocycles. The zero-order valence-corrected chi connectivity index (χ0v) is 13.5. The van der Waals surface area contributed by atoms with Crippen molar-refractivity contribution in [1.82, 2.24) is 10.2 Å². The Hall–Kier alpha value is -1.07. The second-order valence-corrected chi connectivity index (χ2v) is 6.01. The summed E-state index contributed by atoms with van der Waals surface area (Å²) in [5.41, 5.74) is 0.508. The molecular weight excluding hydrogens is 344 g/mol. The second kappa shape index (κ2) is 6.59. The normalized spacial score (nSPS) is 18.8. The van der Waals surface area contributed by atoms with E-state index in [9.17, 15) is 9.59 Å². The van der Waals surface area contributed by atoms with Crippen LogP contribution in [-0.4, -0.2) is 36.3 Å². The van der Waals surface area contributed by atoms with Gasteiger partial charge >= 0.3 is 0 Å². The van der Waals surface area contributed by atoms with Gasteiger partial charge in [0.25, 0.3) is 5.91 Å². The number of nitrogens with one attached hydrogen (secondary N) is 1. The smallest absolute Gasteiger partial charge is 0.254 e. The Labute approximate surface area is 131 Å². The van der Waals surface area contributed by atoms with Crippen LogP contribution in [0.25, 0.3) is 0 Å². The van der Waals surface area contributed by atoms with E-state index in [1.807, 2.05) is 0 Å². The van der Waals surface area contributed by atoms with Crippen LogP contribution in [0.3, 0.4) is 0 Å². The van der Waals surface area contributed by atoms with Crippen molar-refractivity contribution >= 4 is 39.3 Å². The summed E-state index contributed by atoms with van der Waals surface area (Å²) in [7, 11) is 1.59. The highest BCUT2D eigenvalue weighted by atomic mass is 79.9. The zero-order valence-electron chi connectivity index (χ0n) is 11.2. The third-order valence-corrected chi connectivity index (χ3v) is 4.71. The average molecular weight is 360 g/mol. The first kappa shape index (κ1) is 15.3. The molecule has 0 radical (unpaired) electrons. The molecule has 1 aliphatic rings. The van der Waals surface area contributed by atoms with E-state index in [1.165, 1.54) is 0 Å².